The van der Waals surface area contributed by atoms with Crippen molar-refractivity contribution in [2.75, 3.05) is 0 Å². The minimum absolute atomic E-state index is 0.327. The molecular formula is C16H21NO3. The summed E-state index contributed by atoms with van der Waals surface area (Å²) in [4.78, 5) is 23.4. The van der Waals surface area contributed by atoms with Crippen LogP contribution >= 0.6 is 0 Å². The van der Waals surface area contributed by atoms with Crippen LogP contribution in [0.15, 0.2) is 36.4 Å². The van der Waals surface area contributed by atoms with Gasteiger partial charge in [0.05, 0.1) is 0 Å². The number of esters is 1. The fourth-order valence-electron chi connectivity index (χ4n) is 1.45. The van der Waals surface area contributed by atoms with Gasteiger partial charge in [-0.25, -0.2) is 4.79 Å². The average Bonchev–Trinajstić information content (AvgIpc) is 2.35. The van der Waals surface area contributed by atoms with Gasteiger partial charge in [0.1, 0.15) is 11.6 Å². The predicted octanol–water partition coefficient (Wildman–Crippen LogP) is 2.55. The zero-order chi connectivity index (χ0) is 15.2. The minimum atomic E-state index is -0.679. The van der Waals surface area contributed by atoms with E-state index in [1.54, 1.807) is 33.8 Å². The first kappa shape index (κ1) is 16.0. The van der Waals surface area contributed by atoms with E-state index in [0.29, 0.717) is 0 Å². The summed E-state index contributed by atoms with van der Waals surface area (Å²) in [6.07, 6.45) is 3.09. The monoisotopic (exact) mass is 275 g/mol. The van der Waals surface area contributed by atoms with Gasteiger partial charge in [0.25, 0.3) is 0 Å². The maximum absolute atomic E-state index is 11.7. The van der Waals surface area contributed by atoms with Gasteiger partial charge in [-0.1, -0.05) is 30.3 Å². The van der Waals surface area contributed by atoms with Crippen LogP contribution in [0.4, 0.5) is 0 Å². The maximum Gasteiger partial charge on any atom is 0.328 e. The van der Waals surface area contributed by atoms with Crippen molar-refractivity contribution in [3.8, 4) is 0 Å². The molecule has 1 rings (SSSR count). The molecule has 0 unspecified atom stereocenters. The van der Waals surface area contributed by atoms with Gasteiger partial charge in [-0.15, -0.1) is 0 Å². The molecule has 20 heavy (non-hydrogen) atoms. The van der Waals surface area contributed by atoms with Crippen molar-refractivity contribution in [2.45, 2.75) is 39.3 Å². The van der Waals surface area contributed by atoms with Crippen LogP contribution in [0.3, 0.4) is 0 Å². The second kappa shape index (κ2) is 6.89. The lowest BCUT2D eigenvalue weighted by molar-refractivity contribution is -0.157. The smallest absolute Gasteiger partial charge is 0.328 e. The van der Waals surface area contributed by atoms with Crippen LogP contribution in [-0.4, -0.2) is 23.5 Å². The highest BCUT2D eigenvalue weighted by molar-refractivity contribution is 5.94. The van der Waals surface area contributed by atoms with Gasteiger partial charge in [0, 0.05) is 6.08 Å². The molecule has 0 heterocycles. The molecule has 0 radical (unpaired) electrons. The summed E-state index contributed by atoms with van der Waals surface area (Å²) in [5.41, 5.74) is 0.364. The molecule has 1 N–H and O–H groups in total. The Balaban J connectivity index is 2.50. The van der Waals surface area contributed by atoms with Gasteiger partial charge in [0.2, 0.25) is 5.91 Å². The summed E-state index contributed by atoms with van der Waals surface area (Å²) in [5.74, 6) is -0.772. The molecule has 108 valence electrons. The summed E-state index contributed by atoms with van der Waals surface area (Å²) in [6, 6.07) is 8.79. The third kappa shape index (κ3) is 6.18. The standard InChI is InChI=1S/C16H21NO3/c1-12(15(19)20-16(2,3)4)17-14(18)11-10-13-8-6-5-7-9-13/h5-12H,1-4H3,(H,17,18)/b11-10+/t12-/m0/s1. The second-order valence-electron chi connectivity index (χ2n) is 5.51. The lowest BCUT2D eigenvalue weighted by Crippen LogP contribution is -2.41. The van der Waals surface area contributed by atoms with Crippen molar-refractivity contribution >= 4 is 18.0 Å². The summed E-state index contributed by atoms with van der Waals surface area (Å²) in [5, 5.41) is 2.57. The van der Waals surface area contributed by atoms with Crippen molar-refractivity contribution in [1.29, 1.82) is 0 Å². The van der Waals surface area contributed by atoms with Crippen molar-refractivity contribution in [3.63, 3.8) is 0 Å². The van der Waals surface area contributed by atoms with Gasteiger partial charge in [-0.2, -0.15) is 0 Å². The van der Waals surface area contributed by atoms with E-state index in [9.17, 15) is 9.59 Å². The Bertz CT molecular complexity index is 486. The molecule has 1 aromatic rings. The molecule has 1 aromatic carbocycles. The third-order valence-electron chi connectivity index (χ3n) is 2.35. The first-order valence-electron chi connectivity index (χ1n) is 6.54. The molecule has 0 bridgehead atoms. The highest BCUT2D eigenvalue weighted by Crippen LogP contribution is 2.08. The van der Waals surface area contributed by atoms with Crippen molar-refractivity contribution < 1.29 is 14.3 Å². The van der Waals surface area contributed by atoms with E-state index in [1.807, 2.05) is 30.3 Å². The van der Waals surface area contributed by atoms with Crippen molar-refractivity contribution in [2.24, 2.45) is 0 Å². The predicted molar refractivity (Wildman–Crippen MR) is 78.9 cm³/mol. The molecule has 0 aliphatic rings. The topological polar surface area (TPSA) is 55.4 Å². The van der Waals surface area contributed by atoms with Gasteiger partial charge in [-0.3, -0.25) is 4.79 Å². The van der Waals surface area contributed by atoms with Crippen LogP contribution in [0.25, 0.3) is 6.08 Å². The largest absolute Gasteiger partial charge is 0.458 e. The first-order chi connectivity index (χ1) is 9.28. The van der Waals surface area contributed by atoms with Crippen molar-refractivity contribution in [1.82, 2.24) is 5.32 Å². The fourth-order valence-corrected chi connectivity index (χ4v) is 1.45. The molecule has 1 atom stereocenters. The molecule has 0 saturated carbocycles. The highest BCUT2D eigenvalue weighted by Gasteiger charge is 2.22. The van der Waals surface area contributed by atoms with Gasteiger partial charge >= 0.3 is 5.97 Å². The Hall–Kier alpha value is -2.10. The van der Waals surface area contributed by atoms with Gasteiger partial charge in [-0.05, 0) is 39.3 Å². The van der Waals surface area contributed by atoms with E-state index in [4.69, 9.17) is 4.74 Å². The summed E-state index contributed by atoms with van der Waals surface area (Å²) >= 11 is 0. The molecule has 0 aromatic heterocycles. The van der Waals surface area contributed by atoms with Crippen LogP contribution in [0.5, 0.6) is 0 Å². The Morgan fingerprint density at radius 2 is 1.80 bits per heavy atom. The second-order valence-corrected chi connectivity index (χ2v) is 5.51. The van der Waals surface area contributed by atoms with Crippen LogP contribution in [0, 0.1) is 0 Å². The summed E-state index contributed by atoms with van der Waals surface area (Å²) in [7, 11) is 0. The summed E-state index contributed by atoms with van der Waals surface area (Å²) in [6.45, 7) is 6.96. The van der Waals surface area contributed by atoms with E-state index in [1.165, 1.54) is 6.08 Å². The number of hydrogen-bond donors (Lipinski definition) is 1. The number of hydrogen-bond acceptors (Lipinski definition) is 3. The SMILES string of the molecule is C[C@H](NC(=O)/C=C/c1ccccc1)C(=O)OC(C)(C)C. The molecule has 0 aliphatic heterocycles. The number of amides is 1. The van der Waals surface area contributed by atoms with Gasteiger partial charge < -0.3 is 10.1 Å². The van der Waals surface area contributed by atoms with Crippen LogP contribution in [-0.2, 0) is 14.3 Å². The number of carbonyl (C=O) groups is 2. The number of benzene rings is 1. The molecule has 1 amide bonds. The molecule has 0 spiro atoms. The first-order valence-corrected chi connectivity index (χ1v) is 6.54. The fraction of sp³-hybridized carbons (Fsp3) is 0.375. The molecule has 0 saturated heterocycles. The van der Waals surface area contributed by atoms with E-state index < -0.39 is 17.6 Å². The number of ether oxygens (including phenoxy) is 1. The number of rotatable bonds is 4. The average molecular weight is 275 g/mol. The van der Waals surface area contributed by atoms with Crippen LogP contribution in [0.1, 0.15) is 33.3 Å². The highest BCUT2D eigenvalue weighted by atomic mass is 16.6. The molecule has 0 aliphatic carbocycles. The van der Waals surface area contributed by atoms with E-state index in [-0.39, 0.29) is 5.91 Å². The normalized spacial score (nSPS) is 13.0. The quantitative estimate of drug-likeness (QED) is 0.678. The zero-order valence-corrected chi connectivity index (χ0v) is 12.3. The van der Waals surface area contributed by atoms with E-state index >= 15 is 0 Å². The van der Waals surface area contributed by atoms with E-state index in [2.05, 4.69) is 5.32 Å². The summed E-state index contributed by atoms with van der Waals surface area (Å²) < 4.78 is 5.19. The molecule has 0 fully saturated rings. The number of carbonyl (C=O) groups excluding carboxylic acids is 2. The Morgan fingerprint density at radius 3 is 2.35 bits per heavy atom. The minimum Gasteiger partial charge on any atom is -0.458 e. The maximum atomic E-state index is 11.7. The third-order valence-corrected chi connectivity index (χ3v) is 2.35. The molecule has 4 nitrogen and oxygen atoms in total. The Labute approximate surface area is 119 Å². The lowest BCUT2D eigenvalue weighted by Gasteiger charge is -2.22. The molecule has 4 heteroatoms. The lowest BCUT2D eigenvalue weighted by atomic mass is 10.2. The van der Waals surface area contributed by atoms with E-state index in [0.717, 1.165) is 5.56 Å². The zero-order valence-electron chi connectivity index (χ0n) is 12.3. The Kier molecular flexibility index (Phi) is 5.50. The van der Waals surface area contributed by atoms with Gasteiger partial charge in [0.15, 0.2) is 0 Å². The Morgan fingerprint density at radius 1 is 1.20 bits per heavy atom. The molecular weight excluding hydrogens is 254 g/mol. The van der Waals surface area contributed by atoms with Crippen LogP contribution < -0.4 is 5.32 Å². The number of nitrogens with one attached hydrogen (secondary N) is 1. The van der Waals surface area contributed by atoms with Crippen molar-refractivity contribution in [3.05, 3.63) is 42.0 Å². The van der Waals surface area contributed by atoms with Crippen LogP contribution in [0.2, 0.25) is 0 Å².